The van der Waals surface area contributed by atoms with Crippen LogP contribution in [0.2, 0.25) is 5.02 Å². The lowest BCUT2D eigenvalue weighted by Gasteiger charge is -2.31. The number of benzene rings is 1. The van der Waals surface area contributed by atoms with Gasteiger partial charge in [0.25, 0.3) is 0 Å². The van der Waals surface area contributed by atoms with Gasteiger partial charge in [-0.3, -0.25) is 9.59 Å². The first-order valence-corrected chi connectivity index (χ1v) is 10.5. The first-order valence-electron chi connectivity index (χ1n) is 10.1. The number of nitrogens with one attached hydrogen (secondary N) is 1. The molecule has 3 rings (SSSR count). The van der Waals surface area contributed by atoms with Crippen LogP contribution in [0.15, 0.2) is 28.8 Å². The van der Waals surface area contributed by atoms with Gasteiger partial charge in [0.15, 0.2) is 0 Å². The number of aromatic nitrogens is 2. The van der Waals surface area contributed by atoms with Gasteiger partial charge >= 0.3 is 0 Å². The Labute approximate surface area is 175 Å². The summed E-state index contributed by atoms with van der Waals surface area (Å²) in [6.07, 6.45) is 4.08. The molecule has 0 bridgehead atoms. The second-order valence-electron chi connectivity index (χ2n) is 7.56. The zero-order valence-electron chi connectivity index (χ0n) is 16.7. The van der Waals surface area contributed by atoms with Crippen LogP contribution in [0.5, 0.6) is 0 Å². The SMILES string of the molecule is CC1CCCN(C(=O)CCNC(=O)CCCc2nc(-c3ccc(Cl)cc3)no2)C1. The van der Waals surface area contributed by atoms with Crippen molar-refractivity contribution in [3.63, 3.8) is 0 Å². The van der Waals surface area contributed by atoms with Gasteiger partial charge in [-0.25, -0.2) is 0 Å². The maximum Gasteiger partial charge on any atom is 0.226 e. The smallest absolute Gasteiger partial charge is 0.226 e. The minimum Gasteiger partial charge on any atom is -0.356 e. The van der Waals surface area contributed by atoms with Crippen LogP contribution in [0, 0.1) is 5.92 Å². The Kier molecular flexibility index (Phi) is 7.63. The number of halogens is 1. The zero-order chi connectivity index (χ0) is 20.6. The first-order chi connectivity index (χ1) is 14.0. The molecular weight excluding hydrogens is 392 g/mol. The molecule has 2 amide bonds. The van der Waals surface area contributed by atoms with Crippen LogP contribution in [0.4, 0.5) is 0 Å². The van der Waals surface area contributed by atoms with Crippen molar-refractivity contribution in [2.45, 2.75) is 45.4 Å². The van der Waals surface area contributed by atoms with E-state index in [2.05, 4.69) is 22.4 Å². The fourth-order valence-corrected chi connectivity index (χ4v) is 3.57. The Bertz CT molecular complexity index is 822. The van der Waals surface area contributed by atoms with E-state index < -0.39 is 0 Å². The predicted octanol–water partition coefficient (Wildman–Crippen LogP) is 3.48. The molecule has 1 atom stereocenters. The molecule has 1 aliphatic rings. The van der Waals surface area contributed by atoms with Gasteiger partial charge in [0.2, 0.25) is 23.5 Å². The third-order valence-electron chi connectivity index (χ3n) is 5.04. The van der Waals surface area contributed by atoms with Crippen molar-refractivity contribution < 1.29 is 14.1 Å². The molecule has 0 spiro atoms. The van der Waals surface area contributed by atoms with Gasteiger partial charge in [-0.05, 0) is 49.4 Å². The van der Waals surface area contributed by atoms with Gasteiger partial charge in [0.1, 0.15) is 0 Å². The summed E-state index contributed by atoms with van der Waals surface area (Å²) >= 11 is 5.88. The summed E-state index contributed by atoms with van der Waals surface area (Å²) < 4.78 is 5.24. The molecule has 1 unspecified atom stereocenters. The van der Waals surface area contributed by atoms with E-state index in [0.29, 0.717) is 54.9 Å². The summed E-state index contributed by atoms with van der Waals surface area (Å²) in [5.41, 5.74) is 0.829. The molecule has 1 aromatic heterocycles. The number of hydrogen-bond acceptors (Lipinski definition) is 5. The first kappa shape index (κ1) is 21.3. The Balaban J connectivity index is 1.33. The Morgan fingerprint density at radius 1 is 1.28 bits per heavy atom. The largest absolute Gasteiger partial charge is 0.356 e. The normalized spacial score (nSPS) is 16.6. The summed E-state index contributed by atoms with van der Waals surface area (Å²) in [5.74, 6) is 1.62. The highest BCUT2D eigenvalue weighted by Crippen LogP contribution is 2.19. The zero-order valence-corrected chi connectivity index (χ0v) is 17.5. The minimum absolute atomic E-state index is 0.0674. The molecule has 0 aliphatic carbocycles. The summed E-state index contributed by atoms with van der Waals surface area (Å²) in [6, 6.07) is 7.20. The van der Waals surface area contributed by atoms with Gasteiger partial charge in [-0.1, -0.05) is 23.7 Å². The average Bonchev–Trinajstić information content (AvgIpc) is 3.17. The Morgan fingerprint density at radius 3 is 2.83 bits per heavy atom. The number of carbonyl (C=O) groups excluding carboxylic acids is 2. The molecule has 8 heteroatoms. The summed E-state index contributed by atoms with van der Waals surface area (Å²) in [6.45, 7) is 4.21. The van der Waals surface area contributed by atoms with Gasteiger partial charge in [0.05, 0.1) is 0 Å². The van der Waals surface area contributed by atoms with Gasteiger partial charge < -0.3 is 14.7 Å². The fourth-order valence-electron chi connectivity index (χ4n) is 3.44. The van der Waals surface area contributed by atoms with E-state index in [1.165, 1.54) is 6.42 Å². The number of hydrogen-bond donors (Lipinski definition) is 1. The highest BCUT2D eigenvalue weighted by molar-refractivity contribution is 6.30. The highest BCUT2D eigenvalue weighted by Gasteiger charge is 2.20. The standard InChI is InChI=1S/C21H27ClN4O3/c1-15-4-3-13-26(14-15)20(28)11-12-23-18(27)5-2-6-19-24-21(25-29-19)16-7-9-17(22)10-8-16/h7-10,15H,2-6,11-14H2,1H3,(H,23,27). The minimum atomic E-state index is -0.0674. The lowest BCUT2D eigenvalue weighted by atomic mass is 10.00. The van der Waals surface area contributed by atoms with E-state index >= 15 is 0 Å². The maximum atomic E-state index is 12.2. The van der Waals surface area contributed by atoms with Crippen molar-refractivity contribution in [2.24, 2.45) is 5.92 Å². The molecule has 0 saturated carbocycles. The number of amides is 2. The second kappa shape index (κ2) is 10.4. The summed E-state index contributed by atoms with van der Waals surface area (Å²) in [7, 11) is 0. The van der Waals surface area contributed by atoms with Crippen LogP contribution < -0.4 is 5.32 Å². The molecule has 0 radical (unpaired) electrons. The average molecular weight is 419 g/mol. The molecule has 2 heterocycles. The maximum absolute atomic E-state index is 12.2. The second-order valence-corrected chi connectivity index (χ2v) is 8.00. The lowest BCUT2D eigenvalue weighted by Crippen LogP contribution is -2.40. The molecule has 1 fully saturated rings. The fraction of sp³-hybridized carbons (Fsp3) is 0.524. The third-order valence-corrected chi connectivity index (χ3v) is 5.29. The topological polar surface area (TPSA) is 88.3 Å². The molecule has 2 aromatic rings. The van der Waals surface area contributed by atoms with Crippen LogP contribution in [0.1, 0.15) is 44.9 Å². The molecule has 7 nitrogen and oxygen atoms in total. The van der Waals surface area contributed by atoms with Gasteiger partial charge in [-0.15, -0.1) is 0 Å². The van der Waals surface area contributed by atoms with E-state index in [0.717, 1.165) is 25.1 Å². The summed E-state index contributed by atoms with van der Waals surface area (Å²) in [5, 5.41) is 7.43. The van der Waals surface area contributed by atoms with Crippen LogP contribution >= 0.6 is 11.6 Å². The van der Waals surface area contributed by atoms with Gasteiger partial charge in [-0.2, -0.15) is 4.98 Å². The van der Waals surface area contributed by atoms with Crippen LogP contribution in [0.25, 0.3) is 11.4 Å². The van der Waals surface area contributed by atoms with Gasteiger partial charge in [0, 0.05) is 49.5 Å². The van der Waals surface area contributed by atoms with Crippen LogP contribution in [-0.2, 0) is 16.0 Å². The lowest BCUT2D eigenvalue weighted by molar-refractivity contribution is -0.132. The van der Waals surface area contributed by atoms with Crippen LogP contribution in [-0.4, -0.2) is 46.5 Å². The Morgan fingerprint density at radius 2 is 2.07 bits per heavy atom. The van der Waals surface area contributed by atoms with Crippen LogP contribution in [0.3, 0.4) is 0 Å². The Hall–Kier alpha value is -2.41. The molecule has 1 aromatic carbocycles. The predicted molar refractivity (Wildman–Crippen MR) is 110 cm³/mol. The molecular formula is C21H27ClN4O3. The molecule has 1 saturated heterocycles. The van der Waals surface area contributed by atoms with Crippen molar-refractivity contribution in [3.8, 4) is 11.4 Å². The van der Waals surface area contributed by atoms with Crippen molar-refractivity contribution in [1.29, 1.82) is 0 Å². The third kappa shape index (κ3) is 6.56. The van der Waals surface area contributed by atoms with E-state index in [1.54, 1.807) is 12.1 Å². The van der Waals surface area contributed by atoms with E-state index in [9.17, 15) is 9.59 Å². The highest BCUT2D eigenvalue weighted by atomic mass is 35.5. The number of piperidine rings is 1. The molecule has 1 N–H and O–H groups in total. The number of likely N-dealkylation sites (tertiary alicyclic amines) is 1. The summed E-state index contributed by atoms with van der Waals surface area (Å²) in [4.78, 5) is 30.4. The number of rotatable bonds is 8. The van der Waals surface area contributed by atoms with Crippen molar-refractivity contribution >= 4 is 23.4 Å². The van der Waals surface area contributed by atoms with E-state index in [-0.39, 0.29) is 11.8 Å². The number of carbonyl (C=O) groups is 2. The quantitative estimate of drug-likeness (QED) is 0.709. The van der Waals surface area contributed by atoms with E-state index in [4.69, 9.17) is 16.1 Å². The molecule has 1 aliphatic heterocycles. The van der Waals surface area contributed by atoms with E-state index in [1.807, 2.05) is 17.0 Å². The molecule has 29 heavy (non-hydrogen) atoms. The van der Waals surface area contributed by atoms with Crippen molar-refractivity contribution in [2.75, 3.05) is 19.6 Å². The van der Waals surface area contributed by atoms with Crippen molar-refractivity contribution in [3.05, 3.63) is 35.2 Å². The number of nitrogens with zero attached hydrogens (tertiary/aromatic N) is 3. The monoisotopic (exact) mass is 418 g/mol. The molecule has 156 valence electrons. The number of aryl methyl sites for hydroxylation is 1. The van der Waals surface area contributed by atoms with Crippen molar-refractivity contribution in [1.82, 2.24) is 20.4 Å².